The molecule has 2 N–H and O–H groups in total. The Morgan fingerprint density at radius 1 is 1.15 bits per heavy atom. The summed E-state index contributed by atoms with van der Waals surface area (Å²) in [5, 5.41) is 6.76. The van der Waals surface area contributed by atoms with Crippen LogP contribution in [0.25, 0.3) is 0 Å². The van der Waals surface area contributed by atoms with Crippen LogP contribution in [-0.4, -0.2) is 57.4 Å². The molecule has 0 bridgehead atoms. The van der Waals surface area contributed by atoms with Gasteiger partial charge < -0.3 is 24.8 Å². The zero-order valence-electron chi connectivity index (χ0n) is 17.2. The van der Waals surface area contributed by atoms with Gasteiger partial charge in [-0.3, -0.25) is 4.99 Å². The molecule has 7 heteroatoms. The van der Waals surface area contributed by atoms with Gasteiger partial charge in [-0.15, -0.1) is 0 Å². The van der Waals surface area contributed by atoms with Crippen molar-refractivity contribution >= 4 is 17.7 Å². The molecule has 0 spiro atoms. The van der Waals surface area contributed by atoms with E-state index in [2.05, 4.69) is 24.5 Å². The third kappa shape index (κ3) is 5.86. The van der Waals surface area contributed by atoms with E-state index in [1.807, 2.05) is 23.9 Å². The summed E-state index contributed by atoms with van der Waals surface area (Å²) in [6, 6.07) is 3.93. The van der Waals surface area contributed by atoms with Crippen LogP contribution >= 0.6 is 11.8 Å². The Balaban J connectivity index is 2.00. The molecule has 2 rings (SSSR count). The second kappa shape index (κ2) is 10.5. The molecule has 1 saturated heterocycles. The van der Waals surface area contributed by atoms with Crippen LogP contribution in [0.15, 0.2) is 17.1 Å². The number of methoxy groups -OCH3 is 3. The molecule has 0 aromatic heterocycles. The number of rotatable bonds is 9. The van der Waals surface area contributed by atoms with E-state index >= 15 is 0 Å². The summed E-state index contributed by atoms with van der Waals surface area (Å²) in [6.45, 7) is 6.83. The number of benzene rings is 1. The molecular formula is C20H33N3O3S. The summed E-state index contributed by atoms with van der Waals surface area (Å²) in [4.78, 5) is 4.80. The highest BCUT2D eigenvalue weighted by molar-refractivity contribution is 8.00. The van der Waals surface area contributed by atoms with Crippen LogP contribution in [0, 0.1) is 0 Å². The number of nitrogens with zero attached hydrogens (tertiary/aromatic N) is 1. The van der Waals surface area contributed by atoms with Gasteiger partial charge in [0.05, 0.1) is 27.9 Å². The summed E-state index contributed by atoms with van der Waals surface area (Å²) in [5.74, 6) is 4.13. The summed E-state index contributed by atoms with van der Waals surface area (Å²) in [6.07, 6.45) is 3.32. The van der Waals surface area contributed by atoms with Gasteiger partial charge in [-0.2, -0.15) is 11.8 Å². The van der Waals surface area contributed by atoms with Crippen molar-refractivity contribution in [1.29, 1.82) is 0 Å². The standard InChI is InChI=1S/C20H33N3O3S/c1-6-21-19(23-14-20(2)11-7-13-27-20)22-12-10-15-8-9-16(24-3)18(26-5)17(15)25-4/h8-9H,6-7,10-14H2,1-5H3,(H2,21,22,23). The number of ether oxygens (including phenoxy) is 3. The van der Waals surface area contributed by atoms with Crippen molar-refractivity contribution in [3.63, 3.8) is 0 Å². The minimum absolute atomic E-state index is 0.273. The van der Waals surface area contributed by atoms with E-state index in [1.165, 1.54) is 18.6 Å². The molecule has 6 nitrogen and oxygen atoms in total. The number of aliphatic imine (C=N–C) groups is 1. The second-order valence-corrected chi connectivity index (χ2v) is 8.45. The minimum Gasteiger partial charge on any atom is -0.493 e. The lowest BCUT2D eigenvalue weighted by Crippen LogP contribution is -2.39. The van der Waals surface area contributed by atoms with E-state index in [1.54, 1.807) is 21.3 Å². The summed E-state index contributed by atoms with van der Waals surface area (Å²) in [7, 11) is 4.90. The van der Waals surface area contributed by atoms with Gasteiger partial charge in [-0.1, -0.05) is 6.07 Å². The van der Waals surface area contributed by atoms with E-state index in [-0.39, 0.29) is 4.75 Å². The first kappa shape index (κ1) is 21.5. The number of nitrogens with one attached hydrogen (secondary N) is 2. The second-order valence-electron chi connectivity index (χ2n) is 6.77. The van der Waals surface area contributed by atoms with Crippen LogP contribution in [-0.2, 0) is 6.42 Å². The maximum Gasteiger partial charge on any atom is 0.203 e. The number of thioether (sulfide) groups is 1. The molecule has 27 heavy (non-hydrogen) atoms. The highest BCUT2D eigenvalue weighted by Gasteiger charge is 2.29. The normalized spacial score (nSPS) is 19.7. The van der Waals surface area contributed by atoms with Crippen molar-refractivity contribution < 1.29 is 14.2 Å². The highest BCUT2D eigenvalue weighted by Crippen LogP contribution is 2.40. The molecule has 0 radical (unpaired) electrons. The fourth-order valence-corrected chi connectivity index (χ4v) is 4.45. The van der Waals surface area contributed by atoms with Crippen LogP contribution in [0.3, 0.4) is 0 Å². The van der Waals surface area contributed by atoms with Crippen molar-refractivity contribution in [2.45, 2.75) is 37.9 Å². The number of guanidine groups is 1. The average Bonchev–Trinajstić information content (AvgIpc) is 3.12. The van der Waals surface area contributed by atoms with Gasteiger partial charge >= 0.3 is 0 Å². The molecule has 1 aliphatic heterocycles. The van der Waals surface area contributed by atoms with Crippen LogP contribution < -0.4 is 24.8 Å². The SMILES string of the molecule is CCNC(=NCC1(C)CCCS1)NCCc1ccc(OC)c(OC)c1OC. The summed E-state index contributed by atoms with van der Waals surface area (Å²) < 4.78 is 16.6. The van der Waals surface area contributed by atoms with Crippen LogP contribution in [0.2, 0.25) is 0 Å². The van der Waals surface area contributed by atoms with Crippen LogP contribution in [0.5, 0.6) is 17.2 Å². The van der Waals surface area contributed by atoms with Gasteiger partial charge in [0.2, 0.25) is 5.75 Å². The minimum atomic E-state index is 0.273. The summed E-state index contributed by atoms with van der Waals surface area (Å²) in [5.41, 5.74) is 1.07. The number of hydrogen-bond donors (Lipinski definition) is 2. The molecule has 0 amide bonds. The molecular weight excluding hydrogens is 362 g/mol. The maximum absolute atomic E-state index is 5.56. The first-order chi connectivity index (χ1) is 13.1. The Morgan fingerprint density at radius 3 is 2.52 bits per heavy atom. The van der Waals surface area contributed by atoms with Crippen molar-refractivity contribution in [2.24, 2.45) is 4.99 Å². The first-order valence-electron chi connectivity index (χ1n) is 9.51. The monoisotopic (exact) mass is 395 g/mol. The Labute approximate surface area is 167 Å². The molecule has 1 aromatic carbocycles. The predicted octanol–water partition coefficient (Wildman–Crippen LogP) is 3.10. The molecule has 0 saturated carbocycles. The predicted molar refractivity (Wildman–Crippen MR) is 114 cm³/mol. The Bertz CT molecular complexity index is 631. The third-order valence-corrected chi connectivity index (χ3v) is 6.21. The van der Waals surface area contributed by atoms with Crippen molar-refractivity contribution in [3.8, 4) is 17.2 Å². The molecule has 1 unspecified atom stereocenters. The molecule has 1 atom stereocenters. The van der Waals surface area contributed by atoms with Gasteiger partial charge in [-0.05, 0) is 44.9 Å². The topological polar surface area (TPSA) is 64.1 Å². The van der Waals surface area contributed by atoms with E-state index in [0.717, 1.165) is 43.3 Å². The van der Waals surface area contributed by atoms with Crippen molar-refractivity contribution in [3.05, 3.63) is 17.7 Å². The average molecular weight is 396 g/mol. The lowest BCUT2D eigenvalue weighted by atomic mass is 10.1. The van der Waals surface area contributed by atoms with Gasteiger partial charge in [0.15, 0.2) is 17.5 Å². The van der Waals surface area contributed by atoms with Crippen molar-refractivity contribution in [1.82, 2.24) is 10.6 Å². The lowest BCUT2D eigenvalue weighted by molar-refractivity contribution is 0.322. The molecule has 0 aliphatic carbocycles. The molecule has 1 heterocycles. The molecule has 1 aromatic rings. The molecule has 1 fully saturated rings. The van der Waals surface area contributed by atoms with E-state index in [9.17, 15) is 0 Å². The largest absolute Gasteiger partial charge is 0.493 e. The van der Waals surface area contributed by atoms with Gasteiger partial charge in [0, 0.05) is 23.4 Å². The molecule has 1 aliphatic rings. The van der Waals surface area contributed by atoms with Crippen molar-refractivity contribution in [2.75, 3.05) is 46.7 Å². The van der Waals surface area contributed by atoms with Gasteiger partial charge in [-0.25, -0.2) is 0 Å². The third-order valence-electron chi connectivity index (χ3n) is 4.69. The number of hydrogen-bond acceptors (Lipinski definition) is 5. The van der Waals surface area contributed by atoms with Gasteiger partial charge in [0.1, 0.15) is 0 Å². The van der Waals surface area contributed by atoms with E-state index in [4.69, 9.17) is 19.2 Å². The smallest absolute Gasteiger partial charge is 0.203 e. The zero-order valence-corrected chi connectivity index (χ0v) is 18.0. The summed E-state index contributed by atoms with van der Waals surface area (Å²) >= 11 is 2.03. The Hall–Kier alpha value is -1.76. The lowest BCUT2D eigenvalue weighted by Gasteiger charge is -2.21. The van der Waals surface area contributed by atoms with Crippen LogP contribution in [0.4, 0.5) is 0 Å². The maximum atomic E-state index is 5.56. The molecule has 152 valence electrons. The highest BCUT2D eigenvalue weighted by atomic mass is 32.2. The van der Waals surface area contributed by atoms with Crippen LogP contribution in [0.1, 0.15) is 32.3 Å². The van der Waals surface area contributed by atoms with Gasteiger partial charge in [0.25, 0.3) is 0 Å². The Kier molecular flexibility index (Phi) is 8.41. The first-order valence-corrected chi connectivity index (χ1v) is 10.5. The van der Waals surface area contributed by atoms with E-state index in [0.29, 0.717) is 11.5 Å². The Morgan fingerprint density at radius 2 is 1.93 bits per heavy atom. The zero-order chi connectivity index (χ0) is 19.7. The fraction of sp³-hybridized carbons (Fsp3) is 0.650. The fourth-order valence-electron chi connectivity index (χ4n) is 3.23. The van der Waals surface area contributed by atoms with E-state index < -0.39 is 0 Å². The quantitative estimate of drug-likeness (QED) is 0.495.